The van der Waals surface area contributed by atoms with Gasteiger partial charge >= 0.3 is 0 Å². The maximum Gasteiger partial charge on any atom is 0.236 e. The van der Waals surface area contributed by atoms with Crippen LogP contribution >= 0.6 is 0 Å². The number of aryl methyl sites for hydroxylation is 2. The zero-order valence-corrected chi connectivity index (χ0v) is 13.0. The maximum absolute atomic E-state index is 12.2. The Balaban J connectivity index is 1.46. The van der Waals surface area contributed by atoms with Crippen LogP contribution in [0.25, 0.3) is 0 Å². The molecule has 0 saturated heterocycles. The highest BCUT2D eigenvalue weighted by atomic mass is 16.3. The van der Waals surface area contributed by atoms with Crippen molar-refractivity contribution in [2.45, 2.75) is 38.9 Å². The van der Waals surface area contributed by atoms with Gasteiger partial charge in [0.25, 0.3) is 0 Å². The van der Waals surface area contributed by atoms with Gasteiger partial charge in [0.05, 0.1) is 19.6 Å². The van der Waals surface area contributed by atoms with Gasteiger partial charge in [0.1, 0.15) is 23.7 Å². The Kier molecular flexibility index (Phi) is 4.24. The molecule has 0 radical (unpaired) electrons. The molecule has 1 N–H and O–H groups in total. The third kappa shape index (κ3) is 3.36. The van der Waals surface area contributed by atoms with Crippen LogP contribution in [0.5, 0.6) is 0 Å². The number of rotatable bonds is 5. The summed E-state index contributed by atoms with van der Waals surface area (Å²) in [5.74, 6) is 2.74. The van der Waals surface area contributed by atoms with E-state index < -0.39 is 0 Å². The normalized spacial score (nSPS) is 17.3. The molecule has 0 saturated carbocycles. The molecule has 118 valence electrons. The highest BCUT2D eigenvalue weighted by Gasteiger charge is 2.20. The van der Waals surface area contributed by atoms with Crippen molar-refractivity contribution in [2.24, 2.45) is 0 Å². The summed E-state index contributed by atoms with van der Waals surface area (Å²) in [7, 11) is 1.79. The SMILES string of the molecule is Cc1ccc(CN(C)C(=O)CN[C@@H]2CCc3ncnn3C2)o1. The molecule has 0 bridgehead atoms. The molecule has 1 amide bonds. The number of carbonyl (C=O) groups excluding carboxylic acids is 1. The summed E-state index contributed by atoms with van der Waals surface area (Å²) in [5, 5.41) is 7.50. The molecule has 3 heterocycles. The zero-order valence-electron chi connectivity index (χ0n) is 13.0. The van der Waals surface area contributed by atoms with Crippen LogP contribution in [0.2, 0.25) is 0 Å². The van der Waals surface area contributed by atoms with Gasteiger partial charge in [-0.2, -0.15) is 5.10 Å². The molecule has 2 aromatic rings. The average Bonchev–Trinajstić information content (AvgIpc) is 3.12. The van der Waals surface area contributed by atoms with Crippen LogP contribution in [0.4, 0.5) is 0 Å². The van der Waals surface area contributed by atoms with E-state index in [9.17, 15) is 4.79 Å². The van der Waals surface area contributed by atoms with Crippen molar-refractivity contribution in [3.63, 3.8) is 0 Å². The van der Waals surface area contributed by atoms with Crippen molar-refractivity contribution in [1.29, 1.82) is 0 Å². The number of aromatic nitrogens is 3. The van der Waals surface area contributed by atoms with Crippen LogP contribution in [0.1, 0.15) is 23.8 Å². The van der Waals surface area contributed by atoms with Crippen LogP contribution in [-0.4, -0.2) is 45.2 Å². The lowest BCUT2D eigenvalue weighted by Crippen LogP contribution is -2.43. The van der Waals surface area contributed by atoms with Gasteiger partial charge < -0.3 is 14.6 Å². The molecule has 0 aliphatic carbocycles. The third-order valence-corrected chi connectivity index (χ3v) is 3.96. The minimum Gasteiger partial charge on any atom is -0.464 e. The number of hydrogen-bond donors (Lipinski definition) is 1. The van der Waals surface area contributed by atoms with Gasteiger partial charge in [-0.15, -0.1) is 0 Å². The highest BCUT2D eigenvalue weighted by Crippen LogP contribution is 2.11. The Hall–Kier alpha value is -2.15. The van der Waals surface area contributed by atoms with Gasteiger partial charge in [0.2, 0.25) is 5.91 Å². The first kappa shape index (κ1) is 14.8. The molecule has 0 fully saturated rings. The van der Waals surface area contributed by atoms with Crippen LogP contribution < -0.4 is 5.32 Å². The number of furan rings is 1. The Morgan fingerprint density at radius 1 is 1.55 bits per heavy atom. The average molecular weight is 303 g/mol. The topological polar surface area (TPSA) is 76.2 Å². The molecule has 0 aromatic carbocycles. The van der Waals surface area contributed by atoms with Crippen LogP contribution in [0.3, 0.4) is 0 Å². The van der Waals surface area contributed by atoms with Crippen molar-refractivity contribution in [3.8, 4) is 0 Å². The zero-order chi connectivity index (χ0) is 15.5. The lowest BCUT2D eigenvalue weighted by Gasteiger charge is -2.24. The highest BCUT2D eigenvalue weighted by molar-refractivity contribution is 5.77. The van der Waals surface area contributed by atoms with E-state index in [2.05, 4.69) is 15.4 Å². The molecular weight excluding hydrogens is 282 g/mol. The molecule has 0 unspecified atom stereocenters. The van der Waals surface area contributed by atoms with Crippen LogP contribution in [0, 0.1) is 6.92 Å². The fourth-order valence-corrected chi connectivity index (χ4v) is 2.66. The summed E-state index contributed by atoms with van der Waals surface area (Å²) in [4.78, 5) is 18.1. The van der Waals surface area contributed by atoms with Crippen molar-refractivity contribution in [2.75, 3.05) is 13.6 Å². The van der Waals surface area contributed by atoms with Gasteiger partial charge in [-0.25, -0.2) is 9.67 Å². The van der Waals surface area contributed by atoms with E-state index in [1.54, 1.807) is 18.3 Å². The Labute approximate surface area is 129 Å². The second-order valence-electron chi connectivity index (χ2n) is 5.74. The number of likely N-dealkylation sites (N-methyl/N-ethyl adjacent to an activating group) is 1. The first-order valence-electron chi connectivity index (χ1n) is 7.51. The van der Waals surface area contributed by atoms with E-state index >= 15 is 0 Å². The van der Waals surface area contributed by atoms with Crippen molar-refractivity contribution < 1.29 is 9.21 Å². The van der Waals surface area contributed by atoms with E-state index in [0.717, 1.165) is 36.7 Å². The van der Waals surface area contributed by atoms with Gasteiger partial charge in [0.15, 0.2) is 0 Å². The monoisotopic (exact) mass is 303 g/mol. The van der Waals surface area contributed by atoms with E-state index in [1.807, 2.05) is 23.7 Å². The lowest BCUT2D eigenvalue weighted by molar-refractivity contribution is -0.129. The van der Waals surface area contributed by atoms with E-state index in [-0.39, 0.29) is 11.9 Å². The predicted octanol–water partition coefficient (Wildman–Crippen LogP) is 0.743. The van der Waals surface area contributed by atoms with Gasteiger partial charge in [-0.05, 0) is 25.5 Å². The molecular formula is C15H21N5O2. The van der Waals surface area contributed by atoms with Gasteiger partial charge in [-0.1, -0.05) is 0 Å². The maximum atomic E-state index is 12.2. The molecule has 7 heteroatoms. The molecule has 3 rings (SSSR count). The quantitative estimate of drug-likeness (QED) is 0.882. The van der Waals surface area contributed by atoms with Crippen molar-refractivity contribution in [3.05, 3.63) is 35.8 Å². The summed E-state index contributed by atoms with van der Waals surface area (Å²) >= 11 is 0. The third-order valence-electron chi connectivity index (χ3n) is 3.96. The molecule has 22 heavy (non-hydrogen) atoms. The Morgan fingerprint density at radius 3 is 3.18 bits per heavy atom. The predicted molar refractivity (Wildman–Crippen MR) is 80.1 cm³/mol. The summed E-state index contributed by atoms with van der Waals surface area (Å²) in [6.45, 7) is 3.48. The number of nitrogens with zero attached hydrogens (tertiary/aromatic N) is 4. The Morgan fingerprint density at radius 2 is 2.41 bits per heavy atom. The molecule has 0 spiro atoms. The van der Waals surface area contributed by atoms with Crippen LogP contribution in [-0.2, 0) is 24.3 Å². The summed E-state index contributed by atoms with van der Waals surface area (Å²) in [6.07, 6.45) is 3.46. The van der Waals surface area contributed by atoms with E-state index in [1.165, 1.54) is 0 Å². The standard InChI is InChI=1S/C15H21N5O2/c1-11-3-5-13(22-11)9-19(2)15(21)7-16-12-4-6-14-17-10-18-20(14)8-12/h3,5,10,12,16H,4,6-9H2,1-2H3/t12-/m1/s1. The fourth-order valence-electron chi connectivity index (χ4n) is 2.66. The number of fused-ring (bicyclic) bond motifs is 1. The van der Waals surface area contributed by atoms with Gasteiger partial charge in [0, 0.05) is 19.5 Å². The van der Waals surface area contributed by atoms with Crippen LogP contribution in [0.15, 0.2) is 22.9 Å². The minimum absolute atomic E-state index is 0.0541. The van der Waals surface area contributed by atoms with E-state index in [4.69, 9.17) is 4.42 Å². The largest absolute Gasteiger partial charge is 0.464 e. The molecule has 1 aliphatic heterocycles. The molecule has 1 aliphatic rings. The van der Waals surface area contributed by atoms with E-state index in [0.29, 0.717) is 13.1 Å². The summed E-state index contributed by atoms with van der Waals surface area (Å²) in [5.41, 5.74) is 0. The fraction of sp³-hybridized carbons (Fsp3) is 0.533. The molecule has 1 atom stereocenters. The lowest BCUT2D eigenvalue weighted by atomic mass is 10.1. The summed E-state index contributed by atoms with van der Waals surface area (Å²) in [6, 6.07) is 4.07. The van der Waals surface area contributed by atoms with Gasteiger partial charge in [-0.3, -0.25) is 4.79 Å². The second kappa shape index (κ2) is 6.31. The second-order valence-corrected chi connectivity index (χ2v) is 5.74. The Bertz CT molecular complexity index is 648. The van der Waals surface area contributed by atoms with Crippen molar-refractivity contribution >= 4 is 5.91 Å². The molecule has 7 nitrogen and oxygen atoms in total. The molecule has 2 aromatic heterocycles. The number of amides is 1. The minimum atomic E-state index is 0.0541. The van der Waals surface area contributed by atoms with Crippen molar-refractivity contribution in [1.82, 2.24) is 25.0 Å². The first-order chi connectivity index (χ1) is 10.6. The number of carbonyl (C=O) groups is 1. The smallest absolute Gasteiger partial charge is 0.236 e. The first-order valence-corrected chi connectivity index (χ1v) is 7.51. The number of nitrogens with one attached hydrogen (secondary N) is 1. The summed E-state index contributed by atoms with van der Waals surface area (Å²) < 4.78 is 7.40. The number of hydrogen-bond acceptors (Lipinski definition) is 5.